The van der Waals surface area contributed by atoms with Crippen LogP contribution in [0.25, 0.3) is 0 Å². The number of carbonyl (C=O) groups excluding carboxylic acids is 3. The molecule has 2 aliphatic rings. The van der Waals surface area contributed by atoms with Crippen LogP contribution in [0.3, 0.4) is 0 Å². The maximum Gasteiger partial charge on any atom is 0.411 e. The molecule has 9 heteroatoms. The molecular weight excluding hydrogens is 448 g/mol. The number of cyclic esters (lactones) is 1. The molecule has 2 aliphatic heterocycles. The lowest BCUT2D eigenvalue weighted by Crippen LogP contribution is -2.48. The summed E-state index contributed by atoms with van der Waals surface area (Å²) in [6.45, 7) is 7.93. The highest BCUT2D eigenvalue weighted by Crippen LogP contribution is 2.34. The van der Waals surface area contributed by atoms with Crippen molar-refractivity contribution in [2.24, 2.45) is 0 Å². The summed E-state index contributed by atoms with van der Waals surface area (Å²) in [7, 11) is 0. The molecule has 2 unspecified atom stereocenters. The Labute approximate surface area is 205 Å². The van der Waals surface area contributed by atoms with E-state index < -0.39 is 18.2 Å². The molecule has 0 spiro atoms. The molecule has 186 valence electrons. The highest BCUT2D eigenvalue weighted by molar-refractivity contribution is 5.90. The second kappa shape index (κ2) is 11.3. The Morgan fingerprint density at radius 2 is 1.83 bits per heavy atom. The zero-order valence-electron chi connectivity index (χ0n) is 20.2. The maximum atomic E-state index is 13.4. The van der Waals surface area contributed by atoms with E-state index in [0.29, 0.717) is 37.6 Å². The SMILES string of the molecule is CC(=O)Nc1ccc(C2OC(=O)N(Cc3cccc(C)c3)C2C(=O)NCCN2CCOCC2)cc1. The van der Waals surface area contributed by atoms with Gasteiger partial charge in [-0.15, -0.1) is 0 Å². The molecule has 4 rings (SSSR count). The number of carbonyl (C=O) groups is 3. The van der Waals surface area contributed by atoms with Crippen molar-refractivity contribution in [3.63, 3.8) is 0 Å². The summed E-state index contributed by atoms with van der Waals surface area (Å²) in [5.74, 6) is -0.431. The van der Waals surface area contributed by atoms with Gasteiger partial charge in [-0.2, -0.15) is 0 Å². The summed E-state index contributed by atoms with van der Waals surface area (Å²) in [6, 6.07) is 14.0. The van der Waals surface area contributed by atoms with Crippen LogP contribution in [0.5, 0.6) is 0 Å². The number of ether oxygens (including phenoxy) is 2. The summed E-state index contributed by atoms with van der Waals surface area (Å²) in [5.41, 5.74) is 3.32. The van der Waals surface area contributed by atoms with Gasteiger partial charge >= 0.3 is 6.09 Å². The number of hydrogen-bond acceptors (Lipinski definition) is 6. The van der Waals surface area contributed by atoms with Gasteiger partial charge < -0.3 is 20.1 Å². The van der Waals surface area contributed by atoms with Crippen LogP contribution in [0.15, 0.2) is 48.5 Å². The van der Waals surface area contributed by atoms with E-state index >= 15 is 0 Å². The fourth-order valence-electron chi connectivity index (χ4n) is 4.44. The van der Waals surface area contributed by atoms with E-state index in [9.17, 15) is 14.4 Å². The Morgan fingerprint density at radius 3 is 2.51 bits per heavy atom. The topological polar surface area (TPSA) is 100 Å². The molecule has 2 saturated heterocycles. The van der Waals surface area contributed by atoms with Crippen LogP contribution in [0, 0.1) is 6.92 Å². The molecule has 3 amide bonds. The molecule has 2 N–H and O–H groups in total. The van der Waals surface area contributed by atoms with E-state index in [2.05, 4.69) is 15.5 Å². The molecule has 0 aromatic heterocycles. The number of benzene rings is 2. The van der Waals surface area contributed by atoms with Crippen molar-refractivity contribution in [3.05, 3.63) is 65.2 Å². The smallest absolute Gasteiger partial charge is 0.411 e. The van der Waals surface area contributed by atoms with Crippen LogP contribution in [0.4, 0.5) is 10.5 Å². The van der Waals surface area contributed by atoms with Crippen LogP contribution in [0.1, 0.15) is 29.7 Å². The average Bonchev–Trinajstić information content (AvgIpc) is 3.15. The molecule has 2 fully saturated rings. The lowest BCUT2D eigenvalue weighted by molar-refractivity contribution is -0.126. The van der Waals surface area contributed by atoms with E-state index in [1.165, 1.54) is 11.8 Å². The summed E-state index contributed by atoms with van der Waals surface area (Å²) in [5, 5.41) is 5.73. The highest BCUT2D eigenvalue weighted by Gasteiger charge is 2.46. The highest BCUT2D eigenvalue weighted by atomic mass is 16.6. The molecular formula is C26H32N4O5. The van der Waals surface area contributed by atoms with Crippen molar-refractivity contribution in [3.8, 4) is 0 Å². The zero-order chi connectivity index (χ0) is 24.8. The van der Waals surface area contributed by atoms with Gasteiger partial charge in [-0.1, -0.05) is 42.0 Å². The number of hydrogen-bond donors (Lipinski definition) is 2. The first kappa shape index (κ1) is 24.7. The lowest BCUT2D eigenvalue weighted by atomic mass is 10.00. The molecule has 0 aliphatic carbocycles. The number of nitrogens with zero attached hydrogens (tertiary/aromatic N) is 2. The Kier molecular flexibility index (Phi) is 7.99. The number of morpholine rings is 1. The van der Waals surface area contributed by atoms with Gasteiger partial charge in [0.2, 0.25) is 11.8 Å². The van der Waals surface area contributed by atoms with Crippen molar-refractivity contribution in [2.75, 3.05) is 44.7 Å². The fraction of sp³-hybridized carbons (Fsp3) is 0.423. The Morgan fingerprint density at radius 1 is 1.09 bits per heavy atom. The summed E-state index contributed by atoms with van der Waals surface area (Å²) in [4.78, 5) is 41.4. The second-order valence-electron chi connectivity index (χ2n) is 8.91. The van der Waals surface area contributed by atoms with E-state index in [0.717, 1.165) is 24.2 Å². The number of anilines is 1. The van der Waals surface area contributed by atoms with Crippen LogP contribution in [-0.2, 0) is 25.6 Å². The zero-order valence-corrected chi connectivity index (χ0v) is 20.2. The Balaban J connectivity index is 1.52. The normalized spacial score (nSPS) is 20.4. The predicted octanol–water partition coefficient (Wildman–Crippen LogP) is 2.46. The third kappa shape index (κ3) is 6.37. The van der Waals surface area contributed by atoms with Gasteiger partial charge in [0.05, 0.1) is 19.8 Å². The maximum absolute atomic E-state index is 13.4. The molecule has 2 aromatic carbocycles. The van der Waals surface area contributed by atoms with Gasteiger partial charge in [0.25, 0.3) is 0 Å². The first-order valence-electron chi connectivity index (χ1n) is 11.9. The van der Waals surface area contributed by atoms with Gasteiger partial charge in [0.15, 0.2) is 12.1 Å². The van der Waals surface area contributed by atoms with E-state index in [-0.39, 0.29) is 18.4 Å². The minimum Gasteiger partial charge on any atom is -0.438 e. The van der Waals surface area contributed by atoms with Crippen molar-refractivity contribution >= 4 is 23.6 Å². The average molecular weight is 481 g/mol. The van der Waals surface area contributed by atoms with E-state index in [4.69, 9.17) is 9.47 Å². The standard InChI is InChI=1S/C26H32N4O5/c1-18-4-3-5-20(16-18)17-30-23(25(32)27-10-11-29-12-14-34-15-13-29)24(35-26(30)33)21-6-8-22(9-7-21)28-19(2)31/h3-9,16,23-24H,10-15,17H2,1-2H3,(H,27,32)(H,28,31). The molecule has 35 heavy (non-hydrogen) atoms. The summed E-state index contributed by atoms with van der Waals surface area (Å²) in [6.07, 6.45) is -1.29. The van der Waals surface area contributed by atoms with Crippen molar-refractivity contribution < 1.29 is 23.9 Å². The van der Waals surface area contributed by atoms with Crippen LogP contribution < -0.4 is 10.6 Å². The number of rotatable bonds is 8. The van der Waals surface area contributed by atoms with Gasteiger partial charge in [0, 0.05) is 38.8 Å². The third-order valence-corrected chi connectivity index (χ3v) is 6.18. The Hall–Kier alpha value is -3.43. The van der Waals surface area contributed by atoms with Gasteiger partial charge in [0.1, 0.15) is 0 Å². The third-order valence-electron chi connectivity index (χ3n) is 6.18. The molecule has 2 aromatic rings. The van der Waals surface area contributed by atoms with Crippen LogP contribution in [0.2, 0.25) is 0 Å². The molecule has 2 heterocycles. The van der Waals surface area contributed by atoms with Crippen LogP contribution in [-0.4, -0.2) is 73.1 Å². The molecule has 2 atom stereocenters. The first-order valence-corrected chi connectivity index (χ1v) is 11.9. The largest absolute Gasteiger partial charge is 0.438 e. The van der Waals surface area contributed by atoms with Gasteiger partial charge in [-0.05, 0) is 30.2 Å². The number of amides is 3. The Bertz CT molecular complexity index is 1050. The van der Waals surface area contributed by atoms with Crippen LogP contribution >= 0.6 is 0 Å². The summed E-state index contributed by atoms with van der Waals surface area (Å²) >= 11 is 0. The minimum absolute atomic E-state index is 0.174. The van der Waals surface area contributed by atoms with Gasteiger partial charge in [-0.25, -0.2) is 4.79 Å². The fourth-order valence-corrected chi connectivity index (χ4v) is 4.44. The summed E-state index contributed by atoms with van der Waals surface area (Å²) < 4.78 is 11.1. The molecule has 9 nitrogen and oxygen atoms in total. The van der Waals surface area contributed by atoms with Crippen molar-refractivity contribution in [2.45, 2.75) is 32.5 Å². The lowest BCUT2D eigenvalue weighted by Gasteiger charge is -2.28. The molecule has 0 radical (unpaired) electrons. The number of aryl methyl sites for hydroxylation is 1. The van der Waals surface area contributed by atoms with Crippen molar-refractivity contribution in [1.29, 1.82) is 0 Å². The number of nitrogens with one attached hydrogen (secondary N) is 2. The minimum atomic E-state index is -0.820. The van der Waals surface area contributed by atoms with Crippen molar-refractivity contribution in [1.82, 2.24) is 15.1 Å². The first-order chi connectivity index (χ1) is 16.9. The van der Waals surface area contributed by atoms with E-state index in [1.54, 1.807) is 24.3 Å². The second-order valence-corrected chi connectivity index (χ2v) is 8.91. The van der Waals surface area contributed by atoms with E-state index in [1.807, 2.05) is 31.2 Å². The predicted molar refractivity (Wildman–Crippen MR) is 131 cm³/mol. The molecule has 0 saturated carbocycles. The van der Waals surface area contributed by atoms with Gasteiger partial charge in [-0.3, -0.25) is 19.4 Å². The molecule has 0 bridgehead atoms. The monoisotopic (exact) mass is 480 g/mol. The quantitative estimate of drug-likeness (QED) is 0.602.